The molecule has 1 aliphatic rings. The van der Waals surface area contributed by atoms with Crippen LogP contribution >= 0.6 is 0 Å². The number of fused-ring (bicyclic) bond motifs is 1. The molecule has 1 aliphatic heterocycles. The number of nitrogens with one attached hydrogen (secondary N) is 1. The SMILES string of the molecule is O=C1CNCc2ccccc2N1Cc1ccc(F)cc1F. The van der Waals surface area contributed by atoms with Crippen molar-refractivity contribution in [3.8, 4) is 0 Å². The van der Waals surface area contributed by atoms with Crippen molar-refractivity contribution in [2.24, 2.45) is 0 Å². The molecule has 0 atom stereocenters. The summed E-state index contributed by atoms with van der Waals surface area (Å²) in [7, 11) is 0. The van der Waals surface area contributed by atoms with Gasteiger partial charge in [-0.05, 0) is 17.7 Å². The predicted molar refractivity (Wildman–Crippen MR) is 75.7 cm³/mol. The third-order valence-electron chi connectivity index (χ3n) is 3.52. The first-order valence-corrected chi connectivity index (χ1v) is 6.68. The van der Waals surface area contributed by atoms with Gasteiger partial charge in [0, 0.05) is 23.9 Å². The number of carbonyl (C=O) groups excluding carboxylic acids is 1. The number of para-hydroxylation sites is 1. The lowest BCUT2D eigenvalue weighted by atomic mass is 10.1. The normalized spacial score (nSPS) is 14.8. The zero-order chi connectivity index (χ0) is 14.8. The van der Waals surface area contributed by atoms with Gasteiger partial charge < -0.3 is 10.2 Å². The maximum atomic E-state index is 13.8. The van der Waals surface area contributed by atoms with Gasteiger partial charge in [-0.25, -0.2) is 8.78 Å². The zero-order valence-electron chi connectivity index (χ0n) is 11.3. The lowest BCUT2D eigenvalue weighted by Crippen LogP contribution is -2.35. The van der Waals surface area contributed by atoms with Crippen molar-refractivity contribution in [1.82, 2.24) is 5.32 Å². The summed E-state index contributed by atoms with van der Waals surface area (Å²) < 4.78 is 26.8. The Kier molecular flexibility index (Phi) is 3.66. The Labute approximate surface area is 121 Å². The smallest absolute Gasteiger partial charge is 0.241 e. The average molecular weight is 288 g/mol. The molecular formula is C16H14F2N2O. The molecule has 1 N–H and O–H groups in total. The van der Waals surface area contributed by atoms with E-state index >= 15 is 0 Å². The van der Waals surface area contributed by atoms with Gasteiger partial charge in [0.2, 0.25) is 5.91 Å². The fourth-order valence-corrected chi connectivity index (χ4v) is 2.45. The second kappa shape index (κ2) is 5.61. The fraction of sp³-hybridized carbons (Fsp3) is 0.188. The summed E-state index contributed by atoms with van der Waals surface area (Å²) in [6, 6.07) is 10.9. The molecule has 3 rings (SSSR count). The molecule has 2 aromatic carbocycles. The Balaban J connectivity index is 1.98. The van der Waals surface area contributed by atoms with Crippen molar-refractivity contribution < 1.29 is 13.6 Å². The van der Waals surface area contributed by atoms with Crippen molar-refractivity contribution in [3.05, 3.63) is 65.2 Å². The van der Waals surface area contributed by atoms with Crippen LogP contribution in [0.25, 0.3) is 0 Å². The molecule has 1 amide bonds. The highest BCUT2D eigenvalue weighted by Crippen LogP contribution is 2.25. The van der Waals surface area contributed by atoms with Gasteiger partial charge in [0.05, 0.1) is 13.1 Å². The van der Waals surface area contributed by atoms with Crippen molar-refractivity contribution in [2.45, 2.75) is 13.1 Å². The minimum Gasteiger partial charge on any atom is -0.306 e. The summed E-state index contributed by atoms with van der Waals surface area (Å²) in [5, 5.41) is 3.05. The number of hydrogen-bond acceptors (Lipinski definition) is 2. The quantitative estimate of drug-likeness (QED) is 0.921. The molecule has 0 unspecified atom stereocenters. The molecule has 0 aromatic heterocycles. The summed E-state index contributed by atoms with van der Waals surface area (Å²) in [6.45, 7) is 0.867. The highest BCUT2D eigenvalue weighted by molar-refractivity contribution is 5.96. The van der Waals surface area contributed by atoms with Gasteiger partial charge in [0.1, 0.15) is 11.6 Å². The van der Waals surface area contributed by atoms with E-state index in [1.807, 2.05) is 24.3 Å². The van der Waals surface area contributed by atoms with Crippen molar-refractivity contribution in [1.29, 1.82) is 0 Å². The van der Waals surface area contributed by atoms with E-state index < -0.39 is 11.6 Å². The molecule has 3 nitrogen and oxygen atoms in total. The van der Waals surface area contributed by atoms with Crippen LogP contribution in [0.4, 0.5) is 14.5 Å². The number of anilines is 1. The van der Waals surface area contributed by atoms with Gasteiger partial charge in [0.15, 0.2) is 0 Å². The molecule has 0 radical (unpaired) electrons. The highest BCUT2D eigenvalue weighted by Gasteiger charge is 2.22. The zero-order valence-corrected chi connectivity index (χ0v) is 11.3. The van der Waals surface area contributed by atoms with E-state index in [1.54, 1.807) is 0 Å². The maximum absolute atomic E-state index is 13.8. The van der Waals surface area contributed by atoms with Crippen molar-refractivity contribution in [2.75, 3.05) is 11.4 Å². The molecule has 1 heterocycles. The molecule has 108 valence electrons. The third kappa shape index (κ3) is 2.78. The van der Waals surface area contributed by atoms with Crippen LogP contribution in [-0.2, 0) is 17.9 Å². The molecular weight excluding hydrogens is 274 g/mol. The molecule has 0 spiro atoms. The first-order chi connectivity index (χ1) is 10.1. The molecule has 5 heteroatoms. The van der Waals surface area contributed by atoms with Crippen LogP contribution in [0.1, 0.15) is 11.1 Å². The van der Waals surface area contributed by atoms with E-state index in [9.17, 15) is 13.6 Å². The summed E-state index contributed by atoms with van der Waals surface area (Å²) in [4.78, 5) is 13.8. The number of hydrogen-bond donors (Lipinski definition) is 1. The van der Waals surface area contributed by atoms with Crippen molar-refractivity contribution >= 4 is 11.6 Å². The average Bonchev–Trinajstić information content (AvgIpc) is 2.62. The van der Waals surface area contributed by atoms with Gasteiger partial charge in [-0.15, -0.1) is 0 Å². The molecule has 0 aliphatic carbocycles. The molecule has 0 fully saturated rings. The van der Waals surface area contributed by atoms with E-state index in [4.69, 9.17) is 0 Å². The molecule has 0 saturated carbocycles. The van der Waals surface area contributed by atoms with Crippen LogP contribution in [0.15, 0.2) is 42.5 Å². The van der Waals surface area contributed by atoms with Crippen LogP contribution < -0.4 is 10.2 Å². The number of nitrogens with zero attached hydrogens (tertiary/aromatic N) is 1. The lowest BCUT2D eigenvalue weighted by molar-refractivity contribution is -0.117. The minimum atomic E-state index is -0.641. The Morgan fingerprint density at radius 3 is 2.71 bits per heavy atom. The Morgan fingerprint density at radius 1 is 1.10 bits per heavy atom. The van der Waals surface area contributed by atoms with Gasteiger partial charge in [-0.3, -0.25) is 4.79 Å². The number of rotatable bonds is 2. The van der Waals surface area contributed by atoms with Gasteiger partial charge in [0.25, 0.3) is 0 Å². The summed E-state index contributed by atoms with van der Waals surface area (Å²) in [6.07, 6.45) is 0. The number of halogens is 2. The number of benzene rings is 2. The minimum absolute atomic E-state index is 0.0869. The standard InChI is InChI=1S/C16H14F2N2O/c17-13-6-5-12(14(18)7-13)10-20-15-4-2-1-3-11(15)8-19-9-16(20)21/h1-7,19H,8-10H2. The highest BCUT2D eigenvalue weighted by atomic mass is 19.1. The molecule has 21 heavy (non-hydrogen) atoms. The van der Waals surface area contributed by atoms with Crippen molar-refractivity contribution in [3.63, 3.8) is 0 Å². The number of carbonyl (C=O) groups is 1. The van der Waals surface area contributed by atoms with Crippen LogP contribution in [0.5, 0.6) is 0 Å². The molecule has 0 saturated heterocycles. The van der Waals surface area contributed by atoms with E-state index in [-0.39, 0.29) is 19.0 Å². The van der Waals surface area contributed by atoms with E-state index in [0.29, 0.717) is 12.1 Å². The maximum Gasteiger partial charge on any atom is 0.241 e. The molecule has 0 bridgehead atoms. The summed E-state index contributed by atoms with van der Waals surface area (Å²) >= 11 is 0. The predicted octanol–water partition coefficient (Wildman–Crippen LogP) is 2.60. The first-order valence-electron chi connectivity index (χ1n) is 6.68. The monoisotopic (exact) mass is 288 g/mol. The van der Waals surface area contributed by atoms with Crippen LogP contribution in [0.3, 0.4) is 0 Å². The largest absolute Gasteiger partial charge is 0.306 e. The van der Waals surface area contributed by atoms with Crippen LogP contribution in [0.2, 0.25) is 0 Å². The van der Waals surface area contributed by atoms with Gasteiger partial charge in [-0.2, -0.15) is 0 Å². The number of amides is 1. The Bertz CT molecular complexity index is 688. The topological polar surface area (TPSA) is 32.3 Å². The lowest BCUT2D eigenvalue weighted by Gasteiger charge is -2.23. The van der Waals surface area contributed by atoms with E-state index in [2.05, 4.69) is 5.32 Å². The summed E-state index contributed by atoms with van der Waals surface area (Å²) in [5.41, 5.74) is 2.03. The van der Waals surface area contributed by atoms with Crippen LogP contribution in [0, 0.1) is 11.6 Å². The third-order valence-corrected chi connectivity index (χ3v) is 3.52. The Hall–Kier alpha value is -2.27. The second-order valence-electron chi connectivity index (χ2n) is 4.95. The van der Waals surface area contributed by atoms with E-state index in [1.165, 1.54) is 17.0 Å². The van der Waals surface area contributed by atoms with Gasteiger partial charge >= 0.3 is 0 Å². The van der Waals surface area contributed by atoms with Crippen LogP contribution in [-0.4, -0.2) is 12.5 Å². The Morgan fingerprint density at radius 2 is 1.90 bits per heavy atom. The van der Waals surface area contributed by atoms with Gasteiger partial charge in [-0.1, -0.05) is 24.3 Å². The molecule has 2 aromatic rings. The van der Waals surface area contributed by atoms with E-state index in [0.717, 1.165) is 17.3 Å². The first kappa shape index (κ1) is 13.7. The summed E-state index contributed by atoms with van der Waals surface area (Å²) in [5.74, 6) is -1.40. The fourth-order valence-electron chi connectivity index (χ4n) is 2.45. The second-order valence-corrected chi connectivity index (χ2v) is 4.95.